The van der Waals surface area contributed by atoms with Gasteiger partial charge in [0.1, 0.15) is 5.76 Å². The molecule has 1 saturated heterocycles. The minimum atomic E-state index is -0.0168. The van der Waals surface area contributed by atoms with Crippen LogP contribution < -0.4 is 5.73 Å². The number of hydrogen-bond donors (Lipinski definition) is 1. The first-order valence-electron chi connectivity index (χ1n) is 5.92. The molecule has 1 heterocycles. The van der Waals surface area contributed by atoms with Crippen LogP contribution in [0.4, 0.5) is 0 Å². The lowest BCUT2D eigenvalue weighted by Crippen LogP contribution is -2.45. The molecule has 0 radical (unpaired) electrons. The molecule has 2 aliphatic rings. The maximum Gasteiger partial charge on any atom is 0.116 e. The fourth-order valence-electron chi connectivity index (χ4n) is 2.17. The van der Waals surface area contributed by atoms with E-state index in [1.54, 1.807) is 7.11 Å². The molecule has 17 heavy (non-hydrogen) atoms. The number of likely N-dealkylation sites (N-methyl/N-ethyl adjacent to an activating group) is 1. The lowest BCUT2D eigenvalue weighted by Gasteiger charge is -2.37. The third-order valence-corrected chi connectivity index (χ3v) is 4.53. The molecule has 4 nitrogen and oxygen atoms in total. The number of nitrogens with zero attached hydrogens (tertiary/aromatic N) is 2. The average molecular weight is 349 g/mol. The Hall–Kier alpha value is -0.270. The molecule has 2 rings (SSSR count). The summed E-state index contributed by atoms with van der Waals surface area (Å²) in [6.45, 7) is 4.39. The van der Waals surface area contributed by atoms with Gasteiger partial charge >= 0.3 is 0 Å². The van der Waals surface area contributed by atoms with Gasteiger partial charge in [0.2, 0.25) is 0 Å². The van der Waals surface area contributed by atoms with Crippen LogP contribution in [0.1, 0.15) is 0 Å². The van der Waals surface area contributed by atoms with Crippen molar-refractivity contribution in [3.63, 3.8) is 0 Å². The first kappa shape index (κ1) is 13.2. The van der Waals surface area contributed by atoms with Crippen molar-refractivity contribution < 1.29 is 4.74 Å². The van der Waals surface area contributed by atoms with Crippen LogP contribution in [0.2, 0.25) is 0 Å². The van der Waals surface area contributed by atoms with E-state index in [4.69, 9.17) is 10.5 Å². The van der Waals surface area contributed by atoms with Gasteiger partial charge in [0.25, 0.3) is 0 Å². The van der Waals surface area contributed by atoms with Gasteiger partial charge in [0.15, 0.2) is 0 Å². The van der Waals surface area contributed by atoms with Crippen LogP contribution in [0, 0.1) is 0 Å². The lowest BCUT2D eigenvalue weighted by molar-refractivity contribution is 0.186. The molecule has 0 bridgehead atoms. The molecule has 0 aromatic rings. The summed E-state index contributed by atoms with van der Waals surface area (Å²) in [6, 6.07) is -0.0168. The Morgan fingerprint density at radius 2 is 2.00 bits per heavy atom. The first-order valence-corrected chi connectivity index (χ1v) is 7.17. The second-order valence-corrected chi connectivity index (χ2v) is 6.04. The number of hydrogen-bond acceptors (Lipinski definition) is 4. The molecule has 5 heteroatoms. The van der Waals surface area contributed by atoms with E-state index < -0.39 is 0 Å². The number of alkyl halides is 1. The predicted molar refractivity (Wildman–Crippen MR) is 78.0 cm³/mol. The smallest absolute Gasteiger partial charge is 0.116 e. The molecule has 0 spiro atoms. The molecule has 96 valence electrons. The zero-order valence-corrected chi connectivity index (χ0v) is 12.6. The first-order chi connectivity index (χ1) is 8.11. The number of methoxy groups -OCH3 is 1. The fraction of sp³-hybridized carbons (Fsp3) is 0.667. The number of halogens is 1. The van der Waals surface area contributed by atoms with E-state index in [1.165, 1.54) is 5.70 Å². The Kier molecular flexibility index (Phi) is 4.32. The molecule has 2 N–H and O–H groups in total. The summed E-state index contributed by atoms with van der Waals surface area (Å²) in [5.41, 5.74) is 7.33. The van der Waals surface area contributed by atoms with Gasteiger partial charge in [-0.25, -0.2) is 0 Å². The number of rotatable bonds is 2. The second kappa shape index (κ2) is 5.58. The van der Waals surface area contributed by atoms with Crippen LogP contribution in [0.25, 0.3) is 0 Å². The molecule has 2 atom stereocenters. The molecule has 1 aliphatic heterocycles. The second-order valence-electron chi connectivity index (χ2n) is 4.60. The van der Waals surface area contributed by atoms with E-state index in [0.29, 0.717) is 3.92 Å². The number of piperazine rings is 1. The minimum absolute atomic E-state index is 0.0168. The topological polar surface area (TPSA) is 41.7 Å². The molecule has 0 saturated carbocycles. The lowest BCUT2D eigenvalue weighted by atomic mass is 10.0. The van der Waals surface area contributed by atoms with E-state index >= 15 is 0 Å². The Morgan fingerprint density at radius 3 is 2.59 bits per heavy atom. The van der Waals surface area contributed by atoms with E-state index in [1.807, 2.05) is 0 Å². The molecule has 0 aromatic carbocycles. The summed E-state index contributed by atoms with van der Waals surface area (Å²) in [7, 11) is 3.86. The SMILES string of the molecule is COC1=CC(N2CCN(C)CC2)=CC(I)C1N. The molecule has 1 fully saturated rings. The van der Waals surface area contributed by atoms with Gasteiger partial charge < -0.3 is 20.3 Å². The Morgan fingerprint density at radius 1 is 1.35 bits per heavy atom. The molecule has 2 unspecified atom stereocenters. The van der Waals surface area contributed by atoms with E-state index in [9.17, 15) is 0 Å². The maximum atomic E-state index is 6.07. The number of nitrogens with two attached hydrogens (primary N) is 1. The molecule has 1 aliphatic carbocycles. The summed E-state index contributed by atoms with van der Waals surface area (Å²) >= 11 is 2.38. The monoisotopic (exact) mass is 349 g/mol. The van der Waals surface area contributed by atoms with Crippen molar-refractivity contribution in [1.82, 2.24) is 9.80 Å². The zero-order valence-electron chi connectivity index (χ0n) is 10.4. The van der Waals surface area contributed by atoms with Crippen LogP contribution in [0.3, 0.4) is 0 Å². The van der Waals surface area contributed by atoms with Gasteiger partial charge in [0, 0.05) is 38.0 Å². The standard InChI is InChI=1S/C12H20IN3O/c1-15-3-5-16(6-4-15)9-7-10(13)12(14)11(8-9)17-2/h7-8,10,12H,3-6,14H2,1-2H3. The van der Waals surface area contributed by atoms with Crippen molar-refractivity contribution >= 4 is 22.6 Å². The zero-order chi connectivity index (χ0) is 12.4. The highest BCUT2D eigenvalue weighted by molar-refractivity contribution is 14.1. The Balaban J connectivity index is 2.10. The third-order valence-electron chi connectivity index (χ3n) is 3.40. The molecule has 0 aromatic heterocycles. The van der Waals surface area contributed by atoms with Crippen LogP contribution in [-0.4, -0.2) is 60.1 Å². The van der Waals surface area contributed by atoms with E-state index in [-0.39, 0.29) is 6.04 Å². The molecular formula is C12H20IN3O. The van der Waals surface area contributed by atoms with Crippen LogP contribution >= 0.6 is 22.6 Å². The fourth-order valence-corrected chi connectivity index (χ4v) is 2.89. The highest BCUT2D eigenvalue weighted by Crippen LogP contribution is 2.25. The van der Waals surface area contributed by atoms with E-state index in [2.05, 4.69) is 51.6 Å². The Bertz CT molecular complexity index is 335. The van der Waals surface area contributed by atoms with Crippen molar-refractivity contribution in [2.45, 2.75) is 9.97 Å². The highest BCUT2D eigenvalue weighted by Gasteiger charge is 2.26. The summed E-state index contributed by atoms with van der Waals surface area (Å²) in [6.07, 6.45) is 4.34. The van der Waals surface area contributed by atoms with Gasteiger partial charge in [-0.15, -0.1) is 0 Å². The van der Waals surface area contributed by atoms with Gasteiger partial charge in [-0.2, -0.15) is 0 Å². The van der Waals surface area contributed by atoms with Crippen LogP contribution in [0.5, 0.6) is 0 Å². The van der Waals surface area contributed by atoms with Gasteiger partial charge in [-0.1, -0.05) is 22.6 Å². The summed E-state index contributed by atoms with van der Waals surface area (Å²) < 4.78 is 5.68. The van der Waals surface area contributed by atoms with Crippen LogP contribution in [0.15, 0.2) is 23.6 Å². The summed E-state index contributed by atoms with van der Waals surface area (Å²) in [5, 5.41) is 0. The van der Waals surface area contributed by atoms with Crippen LogP contribution in [-0.2, 0) is 4.74 Å². The number of allylic oxidation sites excluding steroid dienone is 1. The minimum Gasteiger partial charge on any atom is -0.499 e. The van der Waals surface area contributed by atoms with Gasteiger partial charge in [-0.05, 0) is 13.1 Å². The van der Waals surface area contributed by atoms with Crippen molar-refractivity contribution in [2.75, 3.05) is 40.3 Å². The third kappa shape index (κ3) is 2.95. The quantitative estimate of drug-likeness (QED) is 0.591. The molecule has 0 amide bonds. The van der Waals surface area contributed by atoms with Crippen molar-refractivity contribution in [3.05, 3.63) is 23.6 Å². The maximum absolute atomic E-state index is 6.07. The van der Waals surface area contributed by atoms with Crippen molar-refractivity contribution in [3.8, 4) is 0 Å². The van der Waals surface area contributed by atoms with Crippen molar-refractivity contribution in [1.29, 1.82) is 0 Å². The predicted octanol–water partition coefficient (Wildman–Crippen LogP) is 0.792. The molecular weight excluding hydrogens is 329 g/mol. The normalized spacial score (nSPS) is 30.9. The highest BCUT2D eigenvalue weighted by atomic mass is 127. The van der Waals surface area contributed by atoms with Gasteiger partial charge in [-0.3, -0.25) is 0 Å². The van der Waals surface area contributed by atoms with Gasteiger partial charge in [0.05, 0.1) is 17.1 Å². The average Bonchev–Trinajstić information content (AvgIpc) is 2.33. The Labute approximate surface area is 117 Å². The van der Waals surface area contributed by atoms with E-state index in [0.717, 1.165) is 31.9 Å². The number of ether oxygens (including phenoxy) is 1. The summed E-state index contributed by atoms with van der Waals surface area (Å²) in [4.78, 5) is 4.77. The summed E-state index contributed by atoms with van der Waals surface area (Å²) in [5.74, 6) is 0.890. The van der Waals surface area contributed by atoms with Crippen molar-refractivity contribution in [2.24, 2.45) is 5.73 Å². The largest absolute Gasteiger partial charge is 0.499 e.